The van der Waals surface area contributed by atoms with Crippen LogP contribution >= 0.6 is 0 Å². The molecular weight excluding hydrogens is 314 g/mol. The second-order valence-corrected chi connectivity index (χ2v) is 6.44. The van der Waals surface area contributed by atoms with Gasteiger partial charge >= 0.3 is 6.03 Å². The molecule has 0 aliphatic carbocycles. The highest BCUT2D eigenvalue weighted by atomic mass is 16.5. The third-order valence-corrected chi connectivity index (χ3v) is 4.49. The molecular formula is C20H25N3O2. The van der Waals surface area contributed by atoms with Gasteiger partial charge in [-0.2, -0.15) is 0 Å². The first-order valence-corrected chi connectivity index (χ1v) is 8.67. The zero-order valence-corrected chi connectivity index (χ0v) is 14.8. The molecule has 0 unspecified atom stereocenters. The number of hydrogen-bond acceptors (Lipinski definition) is 3. The molecule has 25 heavy (non-hydrogen) atoms. The third kappa shape index (κ3) is 4.66. The van der Waals surface area contributed by atoms with E-state index in [4.69, 9.17) is 4.74 Å². The summed E-state index contributed by atoms with van der Waals surface area (Å²) in [6.07, 6.45) is 1.86. The lowest BCUT2D eigenvalue weighted by molar-refractivity contribution is 0.197. The van der Waals surface area contributed by atoms with Crippen LogP contribution in [0.3, 0.4) is 0 Å². The van der Waals surface area contributed by atoms with Crippen LogP contribution < -0.4 is 15.4 Å². The number of anilines is 2. The molecule has 0 saturated carbocycles. The number of methoxy groups -OCH3 is 1. The van der Waals surface area contributed by atoms with Gasteiger partial charge in [0.2, 0.25) is 0 Å². The largest absolute Gasteiger partial charge is 0.497 e. The number of urea groups is 1. The summed E-state index contributed by atoms with van der Waals surface area (Å²) in [4.78, 5) is 14.3. The van der Waals surface area contributed by atoms with E-state index in [-0.39, 0.29) is 6.03 Å². The number of benzene rings is 2. The molecule has 5 nitrogen and oxygen atoms in total. The molecule has 0 aromatic heterocycles. The van der Waals surface area contributed by atoms with E-state index in [1.165, 1.54) is 0 Å². The van der Waals surface area contributed by atoms with Crippen molar-refractivity contribution in [2.24, 2.45) is 0 Å². The molecule has 1 saturated heterocycles. The van der Waals surface area contributed by atoms with Crippen molar-refractivity contribution in [3.05, 3.63) is 54.1 Å². The first-order chi connectivity index (χ1) is 12.1. The number of hydrogen-bond donors (Lipinski definition) is 2. The Hall–Kier alpha value is -2.69. The van der Waals surface area contributed by atoms with Crippen molar-refractivity contribution < 1.29 is 9.53 Å². The molecule has 2 amide bonds. The van der Waals surface area contributed by atoms with Crippen molar-refractivity contribution in [1.82, 2.24) is 4.90 Å². The number of likely N-dealkylation sites (tertiary alicyclic amines) is 1. The predicted molar refractivity (Wildman–Crippen MR) is 101 cm³/mol. The molecule has 3 rings (SSSR count). The molecule has 2 N–H and O–H groups in total. The Bertz CT molecular complexity index is 724. The fourth-order valence-electron chi connectivity index (χ4n) is 3.10. The van der Waals surface area contributed by atoms with Gasteiger partial charge in [-0.05, 0) is 49.6 Å². The predicted octanol–water partition coefficient (Wildman–Crippen LogP) is 4.11. The van der Waals surface area contributed by atoms with E-state index in [0.717, 1.165) is 48.6 Å². The Morgan fingerprint density at radius 3 is 2.52 bits per heavy atom. The van der Waals surface area contributed by atoms with Gasteiger partial charge in [0.25, 0.3) is 0 Å². The summed E-state index contributed by atoms with van der Waals surface area (Å²) < 4.78 is 5.26. The lowest BCUT2D eigenvalue weighted by Crippen LogP contribution is -2.44. The Morgan fingerprint density at radius 1 is 1.08 bits per heavy atom. The lowest BCUT2D eigenvalue weighted by Gasteiger charge is -2.33. The van der Waals surface area contributed by atoms with Gasteiger partial charge in [0.05, 0.1) is 7.11 Å². The van der Waals surface area contributed by atoms with Crippen LogP contribution in [0.5, 0.6) is 5.75 Å². The smallest absolute Gasteiger partial charge is 0.321 e. The molecule has 1 aliphatic rings. The number of carbonyl (C=O) groups excluding carboxylic acids is 1. The molecule has 0 spiro atoms. The van der Waals surface area contributed by atoms with Crippen molar-refractivity contribution in [3.8, 4) is 5.75 Å². The first-order valence-electron chi connectivity index (χ1n) is 8.67. The summed E-state index contributed by atoms with van der Waals surface area (Å²) in [6, 6.07) is 16.2. The average molecular weight is 339 g/mol. The fourth-order valence-corrected chi connectivity index (χ4v) is 3.10. The minimum Gasteiger partial charge on any atom is -0.497 e. The Morgan fingerprint density at radius 2 is 1.80 bits per heavy atom. The Labute approximate surface area is 149 Å². The van der Waals surface area contributed by atoms with Crippen LogP contribution in [-0.4, -0.2) is 37.2 Å². The van der Waals surface area contributed by atoms with Crippen LogP contribution in [0.15, 0.2) is 48.5 Å². The van der Waals surface area contributed by atoms with Gasteiger partial charge in [-0.15, -0.1) is 0 Å². The highest BCUT2D eigenvalue weighted by Crippen LogP contribution is 2.21. The van der Waals surface area contributed by atoms with Crippen LogP contribution in [0.1, 0.15) is 18.4 Å². The quantitative estimate of drug-likeness (QED) is 0.881. The number of piperidine rings is 1. The van der Waals surface area contributed by atoms with Gasteiger partial charge in [0.15, 0.2) is 0 Å². The van der Waals surface area contributed by atoms with Gasteiger partial charge < -0.3 is 20.3 Å². The van der Waals surface area contributed by atoms with Crippen molar-refractivity contribution in [2.75, 3.05) is 30.8 Å². The van der Waals surface area contributed by atoms with Crippen LogP contribution in [-0.2, 0) is 0 Å². The number of nitrogens with one attached hydrogen (secondary N) is 2. The maximum atomic E-state index is 12.4. The summed E-state index contributed by atoms with van der Waals surface area (Å²) in [7, 11) is 1.67. The molecule has 1 heterocycles. The average Bonchev–Trinajstić information content (AvgIpc) is 2.62. The van der Waals surface area contributed by atoms with Gasteiger partial charge in [-0.3, -0.25) is 0 Å². The van der Waals surface area contributed by atoms with E-state index < -0.39 is 0 Å². The highest BCUT2D eigenvalue weighted by molar-refractivity contribution is 5.89. The van der Waals surface area contributed by atoms with E-state index in [9.17, 15) is 4.79 Å². The number of nitrogens with zero attached hydrogens (tertiary/aromatic N) is 1. The number of rotatable bonds is 4. The summed E-state index contributed by atoms with van der Waals surface area (Å²) in [5, 5.41) is 6.52. The first kappa shape index (κ1) is 17.1. The molecule has 2 aromatic carbocycles. The van der Waals surface area contributed by atoms with Gasteiger partial charge in [0.1, 0.15) is 5.75 Å². The molecule has 1 fully saturated rings. The number of aryl methyl sites for hydroxylation is 1. The molecule has 0 atom stereocenters. The fraction of sp³-hybridized carbons (Fsp3) is 0.350. The Kier molecular flexibility index (Phi) is 5.43. The van der Waals surface area contributed by atoms with Gasteiger partial charge in [-0.1, -0.05) is 18.2 Å². The van der Waals surface area contributed by atoms with Gasteiger partial charge in [-0.25, -0.2) is 4.79 Å². The zero-order chi connectivity index (χ0) is 17.6. The summed E-state index contributed by atoms with van der Waals surface area (Å²) in [5.41, 5.74) is 3.04. The van der Waals surface area contributed by atoms with Gasteiger partial charge in [0, 0.05) is 36.6 Å². The zero-order valence-electron chi connectivity index (χ0n) is 14.8. The topological polar surface area (TPSA) is 53.6 Å². The maximum Gasteiger partial charge on any atom is 0.321 e. The maximum absolute atomic E-state index is 12.4. The van der Waals surface area contributed by atoms with E-state index in [1.807, 2.05) is 60.4 Å². The third-order valence-electron chi connectivity index (χ3n) is 4.49. The van der Waals surface area contributed by atoms with Crippen LogP contribution in [0, 0.1) is 6.92 Å². The van der Waals surface area contributed by atoms with E-state index in [0.29, 0.717) is 6.04 Å². The van der Waals surface area contributed by atoms with Crippen LogP contribution in [0.2, 0.25) is 0 Å². The SMILES string of the molecule is COc1cccc(NC2CCN(C(=O)Nc3cccc(C)c3)CC2)c1. The van der Waals surface area contributed by atoms with Crippen molar-refractivity contribution in [1.29, 1.82) is 0 Å². The summed E-state index contributed by atoms with van der Waals surface area (Å²) >= 11 is 0. The lowest BCUT2D eigenvalue weighted by atomic mass is 10.0. The second-order valence-electron chi connectivity index (χ2n) is 6.44. The minimum atomic E-state index is -0.0227. The van der Waals surface area contributed by atoms with E-state index in [1.54, 1.807) is 7.11 Å². The van der Waals surface area contributed by atoms with Crippen LogP contribution in [0.4, 0.5) is 16.2 Å². The monoisotopic (exact) mass is 339 g/mol. The standard InChI is InChI=1S/C20H25N3O2/c1-15-5-3-6-17(13-15)22-20(24)23-11-9-16(10-12-23)21-18-7-4-8-19(14-18)25-2/h3-8,13-14,16,21H,9-12H2,1-2H3,(H,22,24). The molecule has 0 radical (unpaired) electrons. The normalized spacial score (nSPS) is 14.9. The summed E-state index contributed by atoms with van der Waals surface area (Å²) in [6.45, 7) is 3.52. The molecule has 132 valence electrons. The molecule has 5 heteroatoms. The van der Waals surface area contributed by atoms with Crippen molar-refractivity contribution in [2.45, 2.75) is 25.8 Å². The Balaban J connectivity index is 1.50. The number of carbonyl (C=O) groups is 1. The van der Waals surface area contributed by atoms with E-state index in [2.05, 4.69) is 10.6 Å². The number of ether oxygens (including phenoxy) is 1. The molecule has 1 aliphatic heterocycles. The van der Waals surface area contributed by atoms with E-state index >= 15 is 0 Å². The van der Waals surface area contributed by atoms with Crippen molar-refractivity contribution in [3.63, 3.8) is 0 Å². The molecule has 2 aromatic rings. The highest BCUT2D eigenvalue weighted by Gasteiger charge is 2.22. The second kappa shape index (κ2) is 7.92. The number of amides is 2. The van der Waals surface area contributed by atoms with Crippen LogP contribution in [0.25, 0.3) is 0 Å². The molecule has 0 bridgehead atoms. The summed E-state index contributed by atoms with van der Waals surface area (Å²) in [5.74, 6) is 0.847. The van der Waals surface area contributed by atoms with Crippen molar-refractivity contribution >= 4 is 17.4 Å². The minimum absolute atomic E-state index is 0.0227.